The van der Waals surface area contributed by atoms with Crippen molar-refractivity contribution in [1.82, 2.24) is 25.5 Å². The number of halogens is 2. The highest BCUT2D eigenvalue weighted by Crippen LogP contribution is 2.20. The molecule has 0 radical (unpaired) electrons. The highest BCUT2D eigenvalue weighted by atomic mass is 35.5. The third-order valence-electron chi connectivity index (χ3n) is 5.67. The number of carbonyl (C=O) groups excluding carboxylic acids is 2. The number of rotatable bonds is 6. The molecule has 3 fully saturated rings. The molecule has 3 saturated heterocycles. The highest BCUT2D eigenvalue weighted by Gasteiger charge is 2.37. The number of hydrogen-bond donors (Lipinski definition) is 2. The van der Waals surface area contributed by atoms with Gasteiger partial charge in [0, 0.05) is 45.3 Å². The van der Waals surface area contributed by atoms with Gasteiger partial charge < -0.3 is 10.2 Å². The van der Waals surface area contributed by atoms with Crippen LogP contribution in [0.25, 0.3) is 0 Å². The van der Waals surface area contributed by atoms with E-state index >= 15 is 0 Å². The first-order chi connectivity index (χ1) is 12.3. The number of piperidine rings is 2. The van der Waals surface area contributed by atoms with E-state index in [0.717, 1.165) is 65.2 Å². The second-order valence-electron chi connectivity index (χ2n) is 7.18. The van der Waals surface area contributed by atoms with Crippen LogP contribution in [0.1, 0.15) is 32.1 Å². The fourth-order valence-electron chi connectivity index (χ4n) is 4.35. The molecule has 3 rings (SSSR count). The van der Waals surface area contributed by atoms with Gasteiger partial charge in [0.2, 0.25) is 6.41 Å². The lowest BCUT2D eigenvalue weighted by Crippen LogP contribution is -2.62. The van der Waals surface area contributed by atoms with Crippen LogP contribution in [-0.2, 0) is 14.4 Å². The molecule has 27 heavy (non-hydrogen) atoms. The minimum absolute atomic E-state index is 0. The van der Waals surface area contributed by atoms with Crippen molar-refractivity contribution in [3.8, 4) is 0 Å². The summed E-state index contributed by atoms with van der Waals surface area (Å²) in [6, 6.07) is 0.667. The molecular formula is C17H33Cl2N5O3. The summed E-state index contributed by atoms with van der Waals surface area (Å²) in [6.45, 7) is 7.73. The Balaban J connectivity index is 0.00000182. The Morgan fingerprint density at radius 2 is 1.56 bits per heavy atom. The third kappa shape index (κ3) is 6.73. The summed E-state index contributed by atoms with van der Waals surface area (Å²) in [4.78, 5) is 34.9. The molecule has 3 aliphatic heterocycles. The quantitative estimate of drug-likeness (QED) is 0.465. The number of nitrogens with zero attached hydrogens (tertiary/aromatic N) is 3. The summed E-state index contributed by atoms with van der Waals surface area (Å²) in [5.74, 6) is -0.371. The zero-order chi connectivity index (χ0) is 17.5. The van der Waals surface area contributed by atoms with Gasteiger partial charge in [-0.2, -0.15) is 5.48 Å². The number of likely N-dealkylation sites (tertiary alicyclic amines) is 1. The molecule has 0 aromatic carbocycles. The van der Waals surface area contributed by atoms with Crippen LogP contribution in [0.2, 0.25) is 0 Å². The molecule has 0 spiro atoms. The fraction of sp³-hybridized carbons (Fsp3) is 0.882. The van der Waals surface area contributed by atoms with E-state index in [0.29, 0.717) is 12.5 Å². The molecule has 1 atom stereocenters. The molecule has 0 saturated carbocycles. The molecule has 1 unspecified atom stereocenters. The molecule has 1 amide bonds. The van der Waals surface area contributed by atoms with Crippen molar-refractivity contribution in [2.45, 2.75) is 44.3 Å². The van der Waals surface area contributed by atoms with Gasteiger partial charge in [0.15, 0.2) is 6.17 Å². The molecule has 0 aromatic heterocycles. The first-order valence-corrected chi connectivity index (χ1v) is 9.62. The number of hydrogen-bond acceptors (Lipinski definition) is 7. The van der Waals surface area contributed by atoms with Crippen molar-refractivity contribution in [2.24, 2.45) is 0 Å². The molecule has 0 aromatic rings. The smallest absolute Gasteiger partial charge is 0.338 e. The fourth-order valence-corrected chi connectivity index (χ4v) is 4.35. The largest absolute Gasteiger partial charge is 0.363 e. The summed E-state index contributed by atoms with van der Waals surface area (Å²) < 4.78 is 0. The molecule has 3 aliphatic rings. The summed E-state index contributed by atoms with van der Waals surface area (Å²) in [5.41, 5.74) is 2.07. The van der Waals surface area contributed by atoms with E-state index in [1.807, 2.05) is 0 Å². The Labute approximate surface area is 174 Å². The summed E-state index contributed by atoms with van der Waals surface area (Å²) >= 11 is 0. The molecule has 8 nitrogen and oxygen atoms in total. The zero-order valence-corrected chi connectivity index (χ0v) is 17.4. The summed E-state index contributed by atoms with van der Waals surface area (Å²) in [6.07, 6.45) is 5.87. The maximum absolute atomic E-state index is 12.5. The predicted octanol–water partition coefficient (Wildman–Crippen LogP) is 0.216. The van der Waals surface area contributed by atoms with Crippen LogP contribution in [-0.4, -0.2) is 91.6 Å². The second kappa shape index (κ2) is 12.7. The van der Waals surface area contributed by atoms with Gasteiger partial charge in [-0.3, -0.25) is 19.5 Å². The van der Waals surface area contributed by atoms with E-state index in [2.05, 4.69) is 25.5 Å². The number of nitrogens with one attached hydrogen (secondary N) is 2. The number of piperazine rings is 1. The van der Waals surface area contributed by atoms with Crippen LogP contribution in [0, 0.1) is 0 Å². The van der Waals surface area contributed by atoms with Crippen LogP contribution in [0.3, 0.4) is 0 Å². The van der Waals surface area contributed by atoms with E-state index < -0.39 is 0 Å². The summed E-state index contributed by atoms with van der Waals surface area (Å²) in [7, 11) is 0. The van der Waals surface area contributed by atoms with Gasteiger partial charge in [0.1, 0.15) is 0 Å². The number of amides is 1. The van der Waals surface area contributed by atoms with Crippen LogP contribution in [0.4, 0.5) is 0 Å². The maximum Gasteiger partial charge on any atom is 0.363 e. The van der Waals surface area contributed by atoms with Crippen LogP contribution in [0.5, 0.6) is 0 Å². The van der Waals surface area contributed by atoms with Crippen molar-refractivity contribution in [3.05, 3.63) is 0 Å². The highest BCUT2D eigenvalue weighted by molar-refractivity contribution is 5.85. The lowest BCUT2D eigenvalue weighted by atomic mass is 10.0. The van der Waals surface area contributed by atoms with Crippen molar-refractivity contribution in [1.29, 1.82) is 0 Å². The van der Waals surface area contributed by atoms with Gasteiger partial charge >= 0.3 is 5.97 Å². The molecule has 10 heteroatoms. The van der Waals surface area contributed by atoms with E-state index in [4.69, 9.17) is 4.84 Å². The number of carbonyl (C=O) groups is 2. The van der Waals surface area contributed by atoms with Gasteiger partial charge in [-0.25, -0.2) is 4.79 Å². The van der Waals surface area contributed by atoms with Gasteiger partial charge in [-0.15, -0.1) is 24.8 Å². The van der Waals surface area contributed by atoms with Gasteiger partial charge in [-0.05, 0) is 38.8 Å². The first-order valence-electron chi connectivity index (χ1n) is 9.62. The van der Waals surface area contributed by atoms with Crippen molar-refractivity contribution >= 4 is 37.2 Å². The average Bonchev–Trinajstić information content (AvgIpc) is 2.69. The minimum Gasteiger partial charge on any atom is -0.338 e. The lowest BCUT2D eigenvalue weighted by Gasteiger charge is -2.45. The standard InChI is InChI=1S/C17H31N5O3.2ClH/c23-14-19-25-17(24)16(21-8-2-1-3-9-21)22-12-10-20(11-13-22)15-4-6-18-7-5-15;;/h14-16,18H,1-13H2,(H,19,23);2*1H. The topological polar surface area (TPSA) is 77.2 Å². The Bertz CT molecular complexity index is 440. The molecule has 2 N–H and O–H groups in total. The normalized spacial score (nSPS) is 24.1. The molecule has 0 aliphatic carbocycles. The van der Waals surface area contributed by atoms with Crippen LogP contribution in [0.15, 0.2) is 0 Å². The Kier molecular flexibility index (Phi) is 11.5. The average molecular weight is 426 g/mol. The third-order valence-corrected chi connectivity index (χ3v) is 5.67. The minimum atomic E-state index is -0.386. The van der Waals surface area contributed by atoms with E-state index in [-0.39, 0.29) is 36.9 Å². The van der Waals surface area contributed by atoms with E-state index in [9.17, 15) is 9.59 Å². The maximum atomic E-state index is 12.5. The van der Waals surface area contributed by atoms with Gasteiger partial charge in [0.05, 0.1) is 0 Å². The van der Waals surface area contributed by atoms with Gasteiger partial charge in [0.25, 0.3) is 0 Å². The summed E-state index contributed by atoms with van der Waals surface area (Å²) in [5, 5.41) is 3.42. The van der Waals surface area contributed by atoms with E-state index in [1.165, 1.54) is 19.3 Å². The Hall–Kier alpha value is -0.640. The van der Waals surface area contributed by atoms with E-state index in [1.54, 1.807) is 0 Å². The Morgan fingerprint density at radius 3 is 2.15 bits per heavy atom. The molecule has 3 heterocycles. The molecule has 158 valence electrons. The van der Waals surface area contributed by atoms with Crippen molar-refractivity contribution < 1.29 is 14.4 Å². The molecular weight excluding hydrogens is 393 g/mol. The van der Waals surface area contributed by atoms with Gasteiger partial charge in [-0.1, -0.05) is 6.42 Å². The Morgan fingerprint density at radius 1 is 0.963 bits per heavy atom. The first kappa shape index (κ1) is 24.4. The zero-order valence-electron chi connectivity index (χ0n) is 15.8. The lowest BCUT2D eigenvalue weighted by molar-refractivity contribution is -0.169. The monoisotopic (exact) mass is 425 g/mol. The van der Waals surface area contributed by atoms with Crippen LogP contribution < -0.4 is 10.8 Å². The SMILES string of the molecule is Cl.Cl.O=CNOC(=O)C(N1CCCCC1)N1CCN(C2CCNCC2)CC1. The molecule has 0 bridgehead atoms. The second-order valence-corrected chi connectivity index (χ2v) is 7.18. The predicted molar refractivity (Wildman–Crippen MR) is 108 cm³/mol. The number of hydroxylamine groups is 1. The van der Waals surface area contributed by atoms with Crippen LogP contribution >= 0.6 is 24.8 Å². The van der Waals surface area contributed by atoms with Crippen molar-refractivity contribution in [2.75, 3.05) is 52.4 Å². The van der Waals surface area contributed by atoms with Crippen molar-refractivity contribution in [3.63, 3.8) is 0 Å².